The molecule has 1 aromatic rings. The highest BCUT2D eigenvalue weighted by atomic mass is 16.4. The summed E-state index contributed by atoms with van der Waals surface area (Å²) in [6.45, 7) is 0.218. The van der Waals surface area contributed by atoms with Crippen LogP contribution in [0.5, 0.6) is 0 Å². The number of nitrogens with two attached hydrogens (primary N) is 1. The highest BCUT2D eigenvalue weighted by molar-refractivity contribution is 5.71. The molecule has 0 aliphatic heterocycles. The van der Waals surface area contributed by atoms with Crippen molar-refractivity contribution in [2.75, 3.05) is 0 Å². The van der Waals surface area contributed by atoms with Crippen molar-refractivity contribution in [1.82, 2.24) is 4.98 Å². The van der Waals surface area contributed by atoms with Gasteiger partial charge in [-0.25, -0.2) is 0 Å². The maximum Gasteiger partial charge on any atom is 0.307 e. The van der Waals surface area contributed by atoms with Crippen molar-refractivity contribution in [2.45, 2.75) is 25.8 Å². The standard InChI is InChI=1S/C10H14N2O4.H2O/c11-4-8-7(3-10(15)16)6(5-12-8)1-2-9(13)14;/h5,12H,1-4,11H2,(H,13,14)(H,15,16);1H2. The van der Waals surface area contributed by atoms with Gasteiger partial charge < -0.3 is 26.4 Å². The second-order valence-corrected chi connectivity index (χ2v) is 3.44. The molecule has 0 saturated carbocycles. The molecule has 0 spiro atoms. The summed E-state index contributed by atoms with van der Waals surface area (Å²) in [4.78, 5) is 24.0. The molecule has 96 valence electrons. The van der Waals surface area contributed by atoms with Crippen molar-refractivity contribution in [3.63, 3.8) is 0 Å². The Bertz CT molecular complexity index is 399. The van der Waals surface area contributed by atoms with Gasteiger partial charge in [-0.05, 0) is 17.5 Å². The SMILES string of the molecule is NCc1[nH]cc(CCC(=O)O)c1CC(=O)O.O. The second-order valence-electron chi connectivity index (χ2n) is 3.44. The van der Waals surface area contributed by atoms with Crippen LogP contribution in [0.4, 0.5) is 0 Å². The molecular weight excluding hydrogens is 228 g/mol. The number of hydrogen-bond donors (Lipinski definition) is 4. The number of carboxylic acid groups (broad SMARTS) is 2. The lowest BCUT2D eigenvalue weighted by Gasteiger charge is -2.02. The van der Waals surface area contributed by atoms with Crippen molar-refractivity contribution in [3.8, 4) is 0 Å². The van der Waals surface area contributed by atoms with E-state index in [4.69, 9.17) is 15.9 Å². The van der Waals surface area contributed by atoms with Gasteiger partial charge in [0.25, 0.3) is 0 Å². The molecule has 0 aliphatic carbocycles. The Labute approximate surface area is 97.6 Å². The van der Waals surface area contributed by atoms with Crippen LogP contribution in [0.2, 0.25) is 0 Å². The van der Waals surface area contributed by atoms with E-state index >= 15 is 0 Å². The lowest BCUT2D eigenvalue weighted by molar-refractivity contribution is -0.137. The number of hydrogen-bond acceptors (Lipinski definition) is 3. The van der Waals surface area contributed by atoms with E-state index in [-0.39, 0.29) is 24.9 Å². The number of carbonyl (C=O) groups is 2. The number of aromatic amines is 1. The number of aromatic nitrogens is 1. The van der Waals surface area contributed by atoms with E-state index in [0.717, 1.165) is 0 Å². The average Bonchev–Trinajstić information content (AvgIpc) is 2.56. The number of H-pyrrole nitrogens is 1. The molecule has 0 radical (unpaired) electrons. The minimum absolute atomic E-state index is 0. The number of aryl methyl sites for hydroxylation is 1. The Morgan fingerprint density at radius 1 is 1.29 bits per heavy atom. The van der Waals surface area contributed by atoms with E-state index in [0.29, 0.717) is 23.2 Å². The average molecular weight is 244 g/mol. The maximum atomic E-state index is 10.7. The minimum atomic E-state index is -0.953. The third-order valence-electron chi connectivity index (χ3n) is 2.31. The van der Waals surface area contributed by atoms with E-state index in [9.17, 15) is 9.59 Å². The number of carboxylic acids is 2. The molecule has 0 aliphatic rings. The van der Waals surface area contributed by atoms with Gasteiger partial charge in [0.2, 0.25) is 0 Å². The van der Waals surface area contributed by atoms with Gasteiger partial charge >= 0.3 is 11.9 Å². The largest absolute Gasteiger partial charge is 0.481 e. The Balaban J connectivity index is 0.00000256. The number of nitrogens with one attached hydrogen (secondary N) is 1. The molecule has 0 aromatic carbocycles. The molecule has 0 atom stereocenters. The molecule has 7 N–H and O–H groups in total. The normalized spacial score (nSPS) is 9.71. The molecule has 1 aromatic heterocycles. The van der Waals surface area contributed by atoms with Crippen molar-refractivity contribution < 1.29 is 25.3 Å². The van der Waals surface area contributed by atoms with Crippen molar-refractivity contribution in [2.24, 2.45) is 5.73 Å². The molecule has 1 rings (SSSR count). The Morgan fingerprint density at radius 3 is 2.41 bits per heavy atom. The van der Waals surface area contributed by atoms with Crippen LogP contribution in [0.3, 0.4) is 0 Å². The van der Waals surface area contributed by atoms with E-state index in [1.807, 2.05) is 0 Å². The summed E-state index contributed by atoms with van der Waals surface area (Å²) in [5.74, 6) is -1.86. The zero-order valence-corrected chi connectivity index (χ0v) is 9.19. The first kappa shape index (κ1) is 15.1. The molecule has 0 saturated heterocycles. The molecule has 0 amide bonds. The molecule has 7 heteroatoms. The zero-order valence-electron chi connectivity index (χ0n) is 9.19. The molecule has 0 fully saturated rings. The predicted octanol–water partition coefficient (Wildman–Crippen LogP) is -0.707. The van der Waals surface area contributed by atoms with Gasteiger partial charge in [0.1, 0.15) is 0 Å². The van der Waals surface area contributed by atoms with E-state index in [1.165, 1.54) is 0 Å². The number of rotatable bonds is 6. The fourth-order valence-electron chi connectivity index (χ4n) is 1.56. The van der Waals surface area contributed by atoms with Crippen LogP contribution >= 0.6 is 0 Å². The lowest BCUT2D eigenvalue weighted by Crippen LogP contribution is -2.08. The molecule has 7 nitrogen and oxygen atoms in total. The first-order chi connectivity index (χ1) is 7.54. The monoisotopic (exact) mass is 244 g/mol. The van der Waals surface area contributed by atoms with Crippen LogP contribution in [0.25, 0.3) is 0 Å². The summed E-state index contributed by atoms with van der Waals surface area (Å²) in [6, 6.07) is 0. The number of aliphatic carboxylic acids is 2. The van der Waals surface area contributed by atoms with Gasteiger partial charge in [0.15, 0.2) is 0 Å². The topological polar surface area (TPSA) is 148 Å². The van der Waals surface area contributed by atoms with Gasteiger partial charge in [-0.2, -0.15) is 0 Å². The Kier molecular flexibility index (Phi) is 5.94. The van der Waals surface area contributed by atoms with E-state index in [2.05, 4.69) is 4.98 Å². The first-order valence-corrected chi connectivity index (χ1v) is 4.86. The summed E-state index contributed by atoms with van der Waals surface area (Å²) >= 11 is 0. The third kappa shape index (κ3) is 4.25. The van der Waals surface area contributed by atoms with Crippen LogP contribution in [-0.4, -0.2) is 32.6 Å². The maximum absolute atomic E-state index is 10.7. The van der Waals surface area contributed by atoms with Crippen LogP contribution in [0, 0.1) is 0 Å². The van der Waals surface area contributed by atoms with Crippen molar-refractivity contribution >= 4 is 11.9 Å². The molecule has 0 bridgehead atoms. The molecule has 17 heavy (non-hydrogen) atoms. The summed E-state index contributed by atoms with van der Waals surface area (Å²) in [6.07, 6.45) is 1.79. The highest BCUT2D eigenvalue weighted by Gasteiger charge is 2.14. The summed E-state index contributed by atoms with van der Waals surface area (Å²) in [5, 5.41) is 17.3. The quantitative estimate of drug-likeness (QED) is 0.521. The molecule has 1 heterocycles. The summed E-state index contributed by atoms with van der Waals surface area (Å²) in [7, 11) is 0. The highest BCUT2D eigenvalue weighted by Crippen LogP contribution is 2.16. The second kappa shape index (κ2) is 6.66. The third-order valence-corrected chi connectivity index (χ3v) is 2.31. The fourth-order valence-corrected chi connectivity index (χ4v) is 1.56. The van der Waals surface area contributed by atoms with Gasteiger partial charge in [0.05, 0.1) is 6.42 Å². The van der Waals surface area contributed by atoms with Crippen LogP contribution in [0.15, 0.2) is 6.20 Å². The zero-order chi connectivity index (χ0) is 12.1. The Hall–Kier alpha value is -1.86. The van der Waals surface area contributed by atoms with Gasteiger partial charge in [0, 0.05) is 24.9 Å². The lowest BCUT2D eigenvalue weighted by atomic mass is 10.0. The van der Waals surface area contributed by atoms with Gasteiger partial charge in [-0.3, -0.25) is 9.59 Å². The fraction of sp³-hybridized carbons (Fsp3) is 0.400. The predicted molar refractivity (Wildman–Crippen MR) is 59.6 cm³/mol. The minimum Gasteiger partial charge on any atom is -0.481 e. The van der Waals surface area contributed by atoms with E-state index in [1.54, 1.807) is 6.20 Å². The van der Waals surface area contributed by atoms with Gasteiger partial charge in [-0.15, -0.1) is 0 Å². The summed E-state index contributed by atoms with van der Waals surface area (Å²) in [5.41, 5.74) is 7.43. The summed E-state index contributed by atoms with van der Waals surface area (Å²) < 4.78 is 0. The van der Waals surface area contributed by atoms with Crippen LogP contribution in [0.1, 0.15) is 23.2 Å². The smallest absolute Gasteiger partial charge is 0.307 e. The van der Waals surface area contributed by atoms with Crippen molar-refractivity contribution in [3.05, 3.63) is 23.0 Å². The Morgan fingerprint density at radius 2 is 1.94 bits per heavy atom. The van der Waals surface area contributed by atoms with Crippen molar-refractivity contribution in [1.29, 1.82) is 0 Å². The van der Waals surface area contributed by atoms with Crippen LogP contribution < -0.4 is 5.73 Å². The molecular formula is C10H16N2O5. The molecule has 0 unspecified atom stereocenters. The van der Waals surface area contributed by atoms with E-state index < -0.39 is 11.9 Å². The van der Waals surface area contributed by atoms with Crippen LogP contribution in [-0.2, 0) is 29.0 Å². The van der Waals surface area contributed by atoms with Gasteiger partial charge in [-0.1, -0.05) is 0 Å². The first-order valence-electron chi connectivity index (χ1n) is 4.86.